The quantitative estimate of drug-likeness (QED) is 0.865. The third kappa shape index (κ3) is 2.01. The Morgan fingerprint density at radius 2 is 1.94 bits per heavy atom. The van der Waals surface area contributed by atoms with Gasteiger partial charge in [0, 0.05) is 13.6 Å². The average molecular weight is 235 g/mol. The van der Waals surface area contributed by atoms with Crippen molar-refractivity contribution in [1.82, 2.24) is 19.3 Å². The van der Waals surface area contributed by atoms with E-state index >= 15 is 0 Å². The van der Waals surface area contributed by atoms with Crippen LogP contribution >= 0.6 is 0 Å². The van der Waals surface area contributed by atoms with Gasteiger partial charge in [-0.25, -0.2) is 4.98 Å². The zero-order chi connectivity index (χ0) is 12.8. The third-order valence-corrected chi connectivity index (χ3v) is 2.79. The van der Waals surface area contributed by atoms with Crippen molar-refractivity contribution < 1.29 is 0 Å². The minimum atomic E-state index is 0.165. The predicted molar refractivity (Wildman–Crippen MR) is 69.7 cm³/mol. The highest BCUT2D eigenvalue weighted by molar-refractivity contribution is 5.77. The lowest BCUT2D eigenvalue weighted by molar-refractivity contribution is 0.348. The molecular formula is C12H21N5. The number of nitrogens with zero attached hydrogens (tertiary/aromatic N) is 4. The molecule has 2 N–H and O–H groups in total. The molecule has 0 spiro atoms. The van der Waals surface area contributed by atoms with Gasteiger partial charge in [-0.1, -0.05) is 27.7 Å². The first-order valence-electron chi connectivity index (χ1n) is 6.01. The number of imidazole rings is 1. The average Bonchev–Trinajstić information content (AvgIpc) is 2.65. The lowest BCUT2D eigenvalue weighted by Crippen LogP contribution is -2.18. The summed E-state index contributed by atoms with van der Waals surface area (Å²) in [4.78, 5) is 4.45. The first kappa shape index (κ1) is 12.0. The van der Waals surface area contributed by atoms with Crippen molar-refractivity contribution in [3.05, 3.63) is 5.69 Å². The molecule has 0 unspecified atom stereocenters. The molecule has 0 amide bonds. The van der Waals surface area contributed by atoms with Crippen LogP contribution in [-0.4, -0.2) is 19.3 Å². The maximum atomic E-state index is 6.01. The van der Waals surface area contributed by atoms with Gasteiger partial charge in [-0.3, -0.25) is 9.25 Å². The van der Waals surface area contributed by atoms with Crippen LogP contribution in [0.1, 0.15) is 33.4 Å². The molecule has 0 atom stereocenters. The SMILES string of the molecule is CCc1nn(C)c2c1nc(N)n2CC(C)(C)C. The number of rotatable bonds is 2. The second kappa shape index (κ2) is 3.75. The molecular weight excluding hydrogens is 214 g/mol. The molecule has 5 heteroatoms. The second-order valence-electron chi connectivity index (χ2n) is 5.71. The van der Waals surface area contributed by atoms with Gasteiger partial charge in [-0.15, -0.1) is 0 Å². The van der Waals surface area contributed by atoms with Crippen molar-refractivity contribution in [3.8, 4) is 0 Å². The van der Waals surface area contributed by atoms with Crippen LogP contribution in [0.3, 0.4) is 0 Å². The summed E-state index contributed by atoms with van der Waals surface area (Å²) >= 11 is 0. The van der Waals surface area contributed by atoms with E-state index in [1.807, 2.05) is 11.7 Å². The summed E-state index contributed by atoms with van der Waals surface area (Å²) < 4.78 is 3.94. The number of nitrogen functional groups attached to an aromatic ring is 1. The molecule has 2 heterocycles. The Balaban J connectivity index is 2.62. The van der Waals surface area contributed by atoms with Crippen LogP contribution in [0.4, 0.5) is 5.95 Å². The summed E-state index contributed by atoms with van der Waals surface area (Å²) in [6.45, 7) is 9.50. The van der Waals surface area contributed by atoms with Crippen LogP contribution in [0, 0.1) is 5.41 Å². The van der Waals surface area contributed by atoms with Crippen LogP contribution in [-0.2, 0) is 20.0 Å². The maximum Gasteiger partial charge on any atom is 0.202 e. The molecule has 0 saturated heterocycles. The molecule has 0 aliphatic rings. The van der Waals surface area contributed by atoms with Crippen molar-refractivity contribution in [2.24, 2.45) is 12.5 Å². The first-order chi connectivity index (χ1) is 7.83. The largest absolute Gasteiger partial charge is 0.369 e. The molecule has 2 aromatic rings. The highest BCUT2D eigenvalue weighted by atomic mass is 15.3. The number of aryl methyl sites for hydroxylation is 2. The minimum absolute atomic E-state index is 0.165. The molecule has 0 aliphatic carbocycles. The zero-order valence-corrected chi connectivity index (χ0v) is 11.3. The van der Waals surface area contributed by atoms with E-state index in [0.717, 1.165) is 29.8 Å². The summed E-state index contributed by atoms with van der Waals surface area (Å²) in [6.07, 6.45) is 0.878. The van der Waals surface area contributed by atoms with E-state index in [1.165, 1.54) is 0 Å². The number of nitrogens with two attached hydrogens (primary N) is 1. The lowest BCUT2D eigenvalue weighted by Gasteiger charge is -2.20. The number of hydrogen-bond donors (Lipinski definition) is 1. The number of anilines is 1. The van der Waals surface area contributed by atoms with Gasteiger partial charge < -0.3 is 5.73 Å². The topological polar surface area (TPSA) is 61.7 Å². The van der Waals surface area contributed by atoms with E-state index in [2.05, 4.69) is 42.3 Å². The summed E-state index contributed by atoms with van der Waals surface area (Å²) in [5.74, 6) is 0.581. The van der Waals surface area contributed by atoms with Gasteiger partial charge in [0.1, 0.15) is 5.52 Å². The standard InChI is InChI=1S/C12H21N5/c1-6-8-9-10(16(5)15-8)17(11(13)14-9)7-12(2,3)4/h6-7H2,1-5H3,(H2,13,14). The molecule has 0 aromatic carbocycles. The number of hydrogen-bond acceptors (Lipinski definition) is 3. The van der Waals surface area contributed by atoms with E-state index in [0.29, 0.717) is 5.95 Å². The smallest absolute Gasteiger partial charge is 0.202 e. The van der Waals surface area contributed by atoms with Crippen LogP contribution in [0.15, 0.2) is 0 Å². The Kier molecular flexibility index (Phi) is 2.64. The van der Waals surface area contributed by atoms with Gasteiger partial charge in [0.2, 0.25) is 5.95 Å². The van der Waals surface area contributed by atoms with Gasteiger partial charge in [0.15, 0.2) is 5.65 Å². The number of fused-ring (bicyclic) bond motifs is 1. The van der Waals surface area contributed by atoms with Crippen LogP contribution < -0.4 is 5.73 Å². The highest BCUT2D eigenvalue weighted by Crippen LogP contribution is 2.25. The molecule has 0 saturated carbocycles. The third-order valence-electron chi connectivity index (χ3n) is 2.79. The molecule has 0 bridgehead atoms. The fourth-order valence-corrected chi connectivity index (χ4v) is 2.13. The summed E-state index contributed by atoms with van der Waals surface area (Å²) in [5, 5.41) is 4.48. The second-order valence-corrected chi connectivity index (χ2v) is 5.71. The molecule has 0 aliphatic heterocycles. The first-order valence-corrected chi connectivity index (χ1v) is 6.01. The normalized spacial score (nSPS) is 12.5. The van der Waals surface area contributed by atoms with E-state index in [9.17, 15) is 0 Å². The molecule has 0 fully saturated rings. The van der Waals surface area contributed by atoms with Crippen LogP contribution in [0.25, 0.3) is 11.2 Å². The van der Waals surface area contributed by atoms with Gasteiger partial charge in [0.25, 0.3) is 0 Å². The molecule has 17 heavy (non-hydrogen) atoms. The van der Waals surface area contributed by atoms with Gasteiger partial charge >= 0.3 is 0 Å². The molecule has 94 valence electrons. The van der Waals surface area contributed by atoms with Crippen LogP contribution in [0.2, 0.25) is 0 Å². The predicted octanol–water partition coefficient (Wildman–Crippen LogP) is 1.96. The fraction of sp³-hybridized carbons (Fsp3) is 0.667. The summed E-state index contributed by atoms with van der Waals surface area (Å²) in [7, 11) is 1.95. The van der Waals surface area contributed by atoms with Gasteiger partial charge in [-0.05, 0) is 11.8 Å². The molecule has 0 radical (unpaired) electrons. The summed E-state index contributed by atoms with van der Waals surface area (Å²) in [6, 6.07) is 0. The molecule has 2 rings (SSSR count). The van der Waals surface area contributed by atoms with Gasteiger partial charge in [-0.2, -0.15) is 5.10 Å². The van der Waals surface area contributed by atoms with Crippen molar-refractivity contribution in [2.45, 2.75) is 40.7 Å². The number of aromatic nitrogens is 4. The van der Waals surface area contributed by atoms with Crippen molar-refractivity contribution in [2.75, 3.05) is 5.73 Å². The zero-order valence-electron chi connectivity index (χ0n) is 11.3. The Morgan fingerprint density at radius 3 is 2.47 bits per heavy atom. The lowest BCUT2D eigenvalue weighted by atomic mass is 9.97. The van der Waals surface area contributed by atoms with Gasteiger partial charge in [0.05, 0.1) is 5.69 Å². The maximum absolute atomic E-state index is 6.01. The summed E-state index contributed by atoms with van der Waals surface area (Å²) in [5.41, 5.74) is 9.15. The molecule has 2 aromatic heterocycles. The van der Waals surface area contributed by atoms with E-state index < -0.39 is 0 Å². The van der Waals surface area contributed by atoms with E-state index in [1.54, 1.807) is 0 Å². The Bertz CT molecular complexity index is 541. The van der Waals surface area contributed by atoms with E-state index in [-0.39, 0.29) is 5.41 Å². The van der Waals surface area contributed by atoms with Crippen molar-refractivity contribution in [3.63, 3.8) is 0 Å². The highest BCUT2D eigenvalue weighted by Gasteiger charge is 2.20. The van der Waals surface area contributed by atoms with Crippen molar-refractivity contribution >= 4 is 17.1 Å². The van der Waals surface area contributed by atoms with Crippen LogP contribution in [0.5, 0.6) is 0 Å². The Labute approximate surface area is 102 Å². The Hall–Kier alpha value is -1.52. The fourth-order valence-electron chi connectivity index (χ4n) is 2.13. The minimum Gasteiger partial charge on any atom is -0.369 e. The van der Waals surface area contributed by atoms with Crippen molar-refractivity contribution in [1.29, 1.82) is 0 Å². The molecule has 5 nitrogen and oxygen atoms in total. The Morgan fingerprint density at radius 1 is 1.29 bits per heavy atom. The van der Waals surface area contributed by atoms with E-state index in [4.69, 9.17) is 5.73 Å². The monoisotopic (exact) mass is 235 g/mol.